The number of ether oxygens (including phenoxy) is 1. The van der Waals surface area contributed by atoms with Crippen molar-refractivity contribution < 1.29 is 19.1 Å². The van der Waals surface area contributed by atoms with Crippen molar-refractivity contribution in [1.82, 2.24) is 15.5 Å². The fourth-order valence-electron chi connectivity index (χ4n) is 4.73. The van der Waals surface area contributed by atoms with E-state index in [1.165, 1.54) is 4.90 Å². The highest BCUT2D eigenvalue weighted by molar-refractivity contribution is 6.51. The molecular weight excluding hydrogens is 443 g/mol. The van der Waals surface area contributed by atoms with Gasteiger partial charge in [0.15, 0.2) is 0 Å². The molecule has 2 aliphatic heterocycles. The van der Waals surface area contributed by atoms with Gasteiger partial charge in [-0.2, -0.15) is 5.26 Å². The van der Waals surface area contributed by atoms with Gasteiger partial charge in [0.2, 0.25) is 17.7 Å². The molecule has 0 spiro atoms. The lowest BCUT2D eigenvalue weighted by atomic mass is 9.98. The third-order valence-electron chi connectivity index (χ3n) is 6.09. The summed E-state index contributed by atoms with van der Waals surface area (Å²) in [6.07, 6.45) is 0.662. The van der Waals surface area contributed by atoms with Crippen molar-refractivity contribution >= 4 is 40.9 Å². The molecule has 3 amide bonds. The molecule has 0 radical (unpaired) electrons. The maximum absolute atomic E-state index is 13.1. The molecule has 3 aliphatic rings. The Hall–Kier alpha value is -1.56. The Balaban J connectivity index is 1.66. The van der Waals surface area contributed by atoms with Crippen LogP contribution in [-0.4, -0.2) is 63.8 Å². The van der Waals surface area contributed by atoms with Gasteiger partial charge in [0.25, 0.3) is 0 Å². The van der Waals surface area contributed by atoms with Crippen LogP contribution in [0.5, 0.6) is 0 Å². The molecule has 10 heteroatoms. The highest BCUT2D eigenvalue weighted by Crippen LogP contribution is 2.65. The van der Waals surface area contributed by atoms with E-state index in [4.69, 9.17) is 27.9 Å². The van der Waals surface area contributed by atoms with Gasteiger partial charge in [-0.15, -0.1) is 23.2 Å². The van der Waals surface area contributed by atoms with Crippen LogP contribution >= 0.6 is 23.2 Å². The van der Waals surface area contributed by atoms with Crippen LogP contribution in [-0.2, 0) is 19.1 Å². The van der Waals surface area contributed by atoms with Gasteiger partial charge < -0.3 is 20.3 Å². The van der Waals surface area contributed by atoms with Crippen molar-refractivity contribution in [2.45, 2.75) is 75.1 Å². The van der Waals surface area contributed by atoms with E-state index in [0.29, 0.717) is 19.5 Å². The number of halogens is 2. The van der Waals surface area contributed by atoms with Gasteiger partial charge in [-0.25, -0.2) is 0 Å². The minimum atomic E-state index is -1.06. The third-order valence-corrected chi connectivity index (χ3v) is 7.16. The predicted octanol–water partition coefficient (Wildman–Crippen LogP) is 1.75. The summed E-state index contributed by atoms with van der Waals surface area (Å²) in [5.41, 5.74) is -0.391. The molecule has 6 atom stereocenters. The van der Waals surface area contributed by atoms with Crippen molar-refractivity contribution in [3.63, 3.8) is 0 Å². The minimum Gasteiger partial charge on any atom is -0.372 e. The average Bonchev–Trinajstić information content (AvgIpc) is 3.00. The van der Waals surface area contributed by atoms with E-state index < -0.39 is 27.9 Å². The van der Waals surface area contributed by atoms with Crippen LogP contribution in [0.15, 0.2) is 0 Å². The fourth-order valence-corrected chi connectivity index (χ4v) is 5.55. The van der Waals surface area contributed by atoms with Crippen molar-refractivity contribution in [3.05, 3.63) is 0 Å². The summed E-state index contributed by atoms with van der Waals surface area (Å²) in [4.78, 5) is 39.4. The van der Waals surface area contributed by atoms with Gasteiger partial charge in [-0.05, 0) is 40.5 Å². The highest BCUT2D eigenvalue weighted by Gasteiger charge is 2.73. The van der Waals surface area contributed by atoms with E-state index in [1.54, 1.807) is 0 Å². The van der Waals surface area contributed by atoms with Crippen LogP contribution < -0.4 is 10.6 Å². The summed E-state index contributed by atoms with van der Waals surface area (Å²) in [6.45, 7) is 8.42. The molecule has 8 nitrogen and oxygen atoms in total. The van der Waals surface area contributed by atoms with Crippen LogP contribution in [0.25, 0.3) is 0 Å². The van der Waals surface area contributed by atoms with E-state index in [9.17, 15) is 19.6 Å². The number of nitrogens with one attached hydrogen (secondary N) is 2. The van der Waals surface area contributed by atoms with Crippen molar-refractivity contribution in [2.24, 2.45) is 17.8 Å². The Morgan fingerprint density at radius 3 is 2.65 bits per heavy atom. The Bertz CT molecular complexity index is 791. The summed E-state index contributed by atoms with van der Waals surface area (Å²) in [6, 6.07) is 0.375. The molecule has 3 rings (SSSR count). The molecule has 0 aromatic carbocycles. The van der Waals surface area contributed by atoms with Crippen LogP contribution in [0, 0.1) is 29.1 Å². The Morgan fingerprint density at radius 1 is 1.42 bits per heavy atom. The molecule has 2 saturated heterocycles. The predicted molar refractivity (Wildman–Crippen MR) is 115 cm³/mol. The summed E-state index contributed by atoms with van der Waals surface area (Å²) >= 11 is 12.7. The third kappa shape index (κ3) is 5.27. The highest BCUT2D eigenvalue weighted by atomic mass is 35.5. The zero-order chi connectivity index (χ0) is 23.1. The molecule has 172 valence electrons. The number of fused-ring (bicyclic) bond motifs is 1. The summed E-state index contributed by atoms with van der Waals surface area (Å²) in [7, 11) is 0. The molecule has 1 saturated carbocycles. The Kier molecular flexibility index (Phi) is 6.81. The SMILES string of the molecule is C[C@H](CC(=O)N1C[C@H]2[C@@H]([C@H]1C(=O)N[C@H](C#N)C[C@@H]1CCNC1=O)C2(Cl)Cl)OC(C)(C)C. The van der Waals surface area contributed by atoms with Crippen LogP contribution in [0.1, 0.15) is 47.0 Å². The van der Waals surface area contributed by atoms with Gasteiger partial charge in [-0.3, -0.25) is 14.4 Å². The average molecular weight is 473 g/mol. The number of piperidine rings is 1. The monoisotopic (exact) mass is 472 g/mol. The van der Waals surface area contributed by atoms with Crippen LogP contribution in [0.4, 0.5) is 0 Å². The normalized spacial score (nSPS) is 30.7. The van der Waals surface area contributed by atoms with Crippen molar-refractivity contribution in [2.75, 3.05) is 13.1 Å². The molecule has 0 bridgehead atoms. The molecule has 0 aromatic heterocycles. The largest absolute Gasteiger partial charge is 0.372 e. The van der Waals surface area contributed by atoms with E-state index in [-0.39, 0.29) is 48.5 Å². The van der Waals surface area contributed by atoms with Gasteiger partial charge in [-0.1, -0.05) is 0 Å². The number of nitrogens with zero attached hydrogens (tertiary/aromatic N) is 2. The topological polar surface area (TPSA) is 112 Å². The molecule has 0 aromatic rings. The van der Waals surface area contributed by atoms with E-state index >= 15 is 0 Å². The lowest BCUT2D eigenvalue weighted by Crippen LogP contribution is -2.52. The number of rotatable bonds is 7. The Morgan fingerprint density at radius 2 is 2.10 bits per heavy atom. The van der Waals surface area contributed by atoms with E-state index in [1.807, 2.05) is 27.7 Å². The summed E-state index contributed by atoms with van der Waals surface area (Å²) < 4.78 is 4.77. The maximum Gasteiger partial charge on any atom is 0.244 e. The summed E-state index contributed by atoms with van der Waals surface area (Å²) in [5.74, 6) is -1.66. The van der Waals surface area contributed by atoms with E-state index in [2.05, 4.69) is 16.7 Å². The van der Waals surface area contributed by atoms with Gasteiger partial charge >= 0.3 is 0 Å². The van der Waals surface area contributed by atoms with Gasteiger partial charge in [0, 0.05) is 30.8 Å². The van der Waals surface area contributed by atoms with Crippen molar-refractivity contribution in [1.29, 1.82) is 5.26 Å². The van der Waals surface area contributed by atoms with E-state index in [0.717, 1.165) is 0 Å². The quantitative estimate of drug-likeness (QED) is 0.548. The summed E-state index contributed by atoms with van der Waals surface area (Å²) in [5, 5.41) is 14.9. The van der Waals surface area contributed by atoms with Crippen LogP contribution in [0.2, 0.25) is 0 Å². The van der Waals surface area contributed by atoms with Gasteiger partial charge in [0.05, 0.1) is 24.2 Å². The fraction of sp³-hybridized carbons (Fsp3) is 0.810. The smallest absolute Gasteiger partial charge is 0.244 e. The second-order valence-corrected chi connectivity index (χ2v) is 11.2. The first kappa shape index (κ1) is 24.1. The number of amides is 3. The molecule has 2 N–H and O–H groups in total. The number of alkyl halides is 2. The standard InChI is InChI=1S/C21H30Cl2N4O4/c1-11(31-20(2,3)4)7-15(28)27-10-14-16(21(14,22)23)17(27)19(30)26-13(9-24)8-12-5-6-25-18(12)29/h11-14,16-17H,5-8,10H2,1-4H3,(H,25,29)(H,26,30)/t11-,12+,13+,14+,16+,17+/m1/s1. The Labute approximate surface area is 192 Å². The zero-order valence-corrected chi connectivity index (χ0v) is 19.8. The van der Waals surface area contributed by atoms with Crippen molar-refractivity contribution in [3.8, 4) is 6.07 Å². The maximum atomic E-state index is 13.1. The lowest BCUT2D eigenvalue weighted by molar-refractivity contribution is -0.143. The number of nitriles is 1. The lowest BCUT2D eigenvalue weighted by Gasteiger charge is -2.31. The molecule has 2 heterocycles. The number of carbonyl (C=O) groups is 3. The second kappa shape index (κ2) is 8.76. The first-order valence-electron chi connectivity index (χ1n) is 10.7. The molecule has 3 fully saturated rings. The number of hydrogen-bond acceptors (Lipinski definition) is 5. The first-order chi connectivity index (χ1) is 14.3. The first-order valence-corrected chi connectivity index (χ1v) is 11.4. The number of hydrogen-bond donors (Lipinski definition) is 2. The molecular formula is C21H30Cl2N4O4. The molecule has 0 unspecified atom stereocenters. The molecule has 1 aliphatic carbocycles. The number of likely N-dealkylation sites (tertiary alicyclic amines) is 1. The minimum absolute atomic E-state index is 0.109. The second-order valence-electron chi connectivity index (χ2n) is 9.75. The van der Waals surface area contributed by atoms with Crippen LogP contribution in [0.3, 0.4) is 0 Å². The zero-order valence-electron chi connectivity index (χ0n) is 18.3. The molecule has 31 heavy (non-hydrogen) atoms. The number of carbonyl (C=O) groups excluding carboxylic acids is 3. The van der Waals surface area contributed by atoms with Gasteiger partial charge in [0.1, 0.15) is 16.4 Å².